The van der Waals surface area contributed by atoms with Crippen molar-refractivity contribution in [3.8, 4) is 0 Å². The van der Waals surface area contributed by atoms with Gasteiger partial charge in [-0.05, 0) is 43.8 Å². The average molecular weight is 376 g/mol. The lowest BCUT2D eigenvalue weighted by atomic mass is 9.73. The summed E-state index contributed by atoms with van der Waals surface area (Å²) >= 11 is 0. The number of fused-ring (bicyclic) bond motifs is 3. The van der Waals surface area contributed by atoms with Crippen LogP contribution in [-0.4, -0.2) is 37.0 Å². The van der Waals surface area contributed by atoms with Crippen LogP contribution in [0.5, 0.6) is 0 Å². The van der Waals surface area contributed by atoms with Crippen LogP contribution in [0.3, 0.4) is 0 Å². The summed E-state index contributed by atoms with van der Waals surface area (Å²) in [6, 6.07) is 8.61. The zero-order chi connectivity index (χ0) is 18.9. The van der Waals surface area contributed by atoms with E-state index in [0.29, 0.717) is 5.92 Å². The molecule has 5 rings (SSSR count). The van der Waals surface area contributed by atoms with Crippen LogP contribution in [0.1, 0.15) is 63.5 Å². The average Bonchev–Trinajstić information content (AvgIpc) is 2.98. The molecule has 3 aliphatic heterocycles. The number of hydrogen-bond donors (Lipinski definition) is 0. The lowest BCUT2D eigenvalue weighted by molar-refractivity contribution is -0.558. The Hall–Kier alpha value is -0.980. The normalized spacial score (nSPS) is 35.9. The highest BCUT2D eigenvalue weighted by molar-refractivity contribution is 5.27. The van der Waals surface area contributed by atoms with Gasteiger partial charge in [0, 0.05) is 25.6 Å². The Morgan fingerprint density at radius 3 is 2.52 bits per heavy atom. The molecule has 2 unspecified atom stereocenters. The van der Waals surface area contributed by atoms with Crippen molar-refractivity contribution in [1.82, 2.24) is 4.90 Å². The fourth-order valence-electron chi connectivity index (χ4n) is 5.07. The van der Waals surface area contributed by atoms with Gasteiger partial charge < -0.3 is 9.47 Å². The summed E-state index contributed by atoms with van der Waals surface area (Å²) < 4.78 is 12.3. The largest absolute Gasteiger partial charge is 0.353 e. The number of nitrogens with zero attached hydrogens (tertiary/aromatic N) is 1. The van der Waals surface area contributed by atoms with Gasteiger partial charge in [-0.25, -0.2) is 4.89 Å². The Balaban J connectivity index is 1.58. The van der Waals surface area contributed by atoms with Crippen LogP contribution >= 0.6 is 0 Å². The molecule has 0 amide bonds. The van der Waals surface area contributed by atoms with Gasteiger partial charge in [-0.15, -0.1) is 0 Å². The highest BCUT2D eigenvalue weighted by atomic mass is 17.3. The molecule has 27 heavy (non-hydrogen) atoms. The van der Waals surface area contributed by atoms with E-state index in [9.17, 15) is 0 Å². The first-order valence-electron chi connectivity index (χ1n) is 10.5. The Kier molecular flexibility index (Phi) is 5.59. The Labute approximate surface area is 162 Å². The Morgan fingerprint density at radius 1 is 1.04 bits per heavy atom. The van der Waals surface area contributed by atoms with Gasteiger partial charge >= 0.3 is 0 Å². The zero-order valence-corrected chi connectivity index (χ0v) is 16.9. The molecule has 0 radical (unpaired) electrons. The molecule has 1 aliphatic carbocycles. The third-order valence-electron chi connectivity index (χ3n) is 6.82. The van der Waals surface area contributed by atoms with E-state index in [-0.39, 0.29) is 6.29 Å². The molecule has 0 N–H and O–H groups in total. The molecule has 1 aromatic rings. The van der Waals surface area contributed by atoms with Gasteiger partial charge in [-0.3, -0.25) is 4.90 Å². The van der Waals surface area contributed by atoms with Crippen LogP contribution < -0.4 is 0 Å². The monoisotopic (exact) mass is 375 g/mol. The molecule has 1 spiro atoms. The molecule has 4 atom stereocenters. The number of methoxy groups -OCH3 is 1. The zero-order valence-electron chi connectivity index (χ0n) is 16.9. The molecular weight excluding hydrogens is 342 g/mol. The van der Waals surface area contributed by atoms with Gasteiger partial charge in [-0.1, -0.05) is 51.0 Å². The van der Waals surface area contributed by atoms with E-state index in [0.717, 1.165) is 57.3 Å². The summed E-state index contributed by atoms with van der Waals surface area (Å²) in [6.45, 7) is 7.47. The fourth-order valence-corrected chi connectivity index (χ4v) is 5.07. The van der Waals surface area contributed by atoms with Crippen molar-refractivity contribution in [1.29, 1.82) is 0 Å². The molecule has 4 aliphatic rings. The van der Waals surface area contributed by atoms with Crippen LogP contribution in [0, 0.1) is 5.92 Å². The molecule has 1 saturated carbocycles. The van der Waals surface area contributed by atoms with E-state index < -0.39 is 11.4 Å². The van der Waals surface area contributed by atoms with E-state index in [1.807, 2.05) is 0 Å². The van der Waals surface area contributed by atoms with Crippen molar-refractivity contribution >= 4 is 0 Å². The summed E-state index contributed by atoms with van der Waals surface area (Å²) in [7, 11) is 1.72. The minimum atomic E-state index is -0.864. The maximum Gasteiger partial charge on any atom is 0.230 e. The first-order chi connectivity index (χ1) is 13.2. The predicted octanol–water partition coefficient (Wildman–Crippen LogP) is 4.35. The molecule has 5 heteroatoms. The van der Waals surface area contributed by atoms with Crippen molar-refractivity contribution in [3.63, 3.8) is 0 Å². The third kappa shape index (κ3) is 3.34. The van der Waals surface area contributed by atoms with Crippen LogP contribution in [-0.2, 0) is 31.6 Å². The molecule has 4 fully saturated rings. The van der Waals surface area contributed by atoms with Crippen molar-refractivity contribution in [3.05, 3.63) is 35.4 Å². The molecular formula is C22H33NO4. The Bertz CT molecular complexity index is 628. The summed E-state index contributed by atoms with van der Waals surface area (Å²) in [6.07, 6.45) is 5.94. The molecule has 150 valence electrons. The lowest BCUT2D eigenvalue weighted by Gasteiger charge is -2.49. The van der Waals surface area contributed by atoms with Crippen LogP contribution in [0.4, 0.5) is 0 Å². The van der Waals surface area contributed by atoms with E-state index in [1.54, 1.807) is 7.11 Å². The molecule has 5 nitrogen and oxygen atoms in total. The summed E-state index contributed by atoms with van der Waals surface area (Å²) in [5.74, 6) is -0.431. The second kappa shape index (κ2) is 7.80. The fraction of sp³-hybridized carbons (Fsp3) is 0.727. The third-order valence-corrected chi connectivity index (χ3v) is 6.82. The summed E-state index contributed by atoms with van der Waals surface area (Å²) in [4.78, 5) is 14.6. The quantitative estimate of drug-likeness (QED) is 0.691. The smallest absolute Gasteiger partial charge is 0.230 e. The van der Waals surface area contributed by atoms with Gasteiger partial charge in [0.25, 0.3) is 0 Å². The van der Waals surface area contributed by atoms with E-state index in [1.165, 1.54) is 12.0 Å². The minimum Gasteiger partial charge on any atom is -0.353 e. The van der Waals surface area contributed by atoms with Crippen molar-refractivity contribution in [2.24, 2.45) is 5.92 Å². The van der Waals surface area contributed by atoms with Crippen LogP contribution in [0.25, 0.3) is 0 Å². The van der Waals surface area contributed by atoms with Crippen LogP contribution in [0.2, 0.25) is 0 Å². The van der Waals surface area contributed by atoms with Crippen molar-refractivity contribution in [2.45, 2.75) is 76.6 Å². The molecule has 3 saturated heterocycles. The standard InChI is InChI=1S/C22H33NO4/c1-4-23(5-2)16-17-9-11-19(12-10-17)22-15-13-18-8-6-7-14-21(18,26-27-22)20(24-3)25-22/h9-12,18,20H,4-8,13-16H2,1-3H3/t18?,20?,21-,22-/m0/s1. The van der Waals surface area contributed by atoms with Gasteiger partial charge in [0.2, 0.25) is 5.79 Å². The summed E-state index contributed by atoms with van der Waals surface area (Å²) in [5, 5.41) is 0. The maximum atomic E-state index is 6.48. The van der Waals surface area contributed by atoms with E-state index in [4.69, 9.17) is 19.2 Å². The van der Waals surface area contributed by atoms with Gasteiger partial charge in [0.05, 0.1) is 0 Å². The molecule has 3 heterocycles. The van der Waals surface area contributed by atoms with E-state index >= 15 is 0 Å². The number of ether oxygens (including phenoxy) is 2. The van der Waals surface area contributed by atoms with Gasteiger partial charge in [-0.2, -0.15) is 4.89 Å². The predicted molar refractivity (Wildman–Crippen MR) is 103 cm³/mol. The van der Waals surface area contributed by atoms with E-state index in [2.05, 4.69) is 43.0 Å². The van der Waals surface area contributed by atoms with Crippen molar-refractivity contribution in [2.75, 3.05) is 20.2 Å². The first-order valence-corrected chi connectivity index (χ1v) is 10.5. The second-order valence-electron chi connectivity index (χ2n) is 8.20. The highest BCUT2D eigenvalue weighted by Crippen LogP contribution is 2.55. The van der Waals surface area contributed by atoms with Crippen LogP contribution in [0.15, 0.2) is 24.3 Å². The van der Waals surface area contributed by atoms with Crippen molar-refractivity contribution < 1.29 is 19.2 Å². The highest BCUT2D eigenvalue weighted by Gasteiger charge is 2.61. The SMILES string of the molecule is CCN(CC)Cc1ccc([C@]23CCC4CCCC[C@@]4(OO2)C(OC)O3)cc1. The maximum absolute atomic E-state index is 6.48. The number of benzene rings is 1. The minimum absolute atomic E-state index is 0.380. The summed E-state index contributed by atoms with van der Waals surface area (Å²) in [5.41, 5.74) is 1.87. The lowest BCUT2D eigenvalue weighted by Crippen LogP contribution is -2.59. The second-order valence-corrected chi connectivity index (χ2v) is 8.20. The molecule has 1 aromatic carbocycles. The van der Waals surface area contributed by atoms with Gasteiger partial charge in [0.15, 0.2) is 11.9 Å². The Morgan fingerprint density at radius 2 is 1.81 bits per heavy atom. The topological polar surface area (TPSA) is 40.2 Å². The molecule has 0 aromatic heterocycles. The number of rotatable bonds is 6. The first kappa shape index (κ1) is 19.3. The van der Waals surface area contributed by atoms with Gasteiger partial charge in [0.1, 0.15) is 0 Å². The number of hydrogen-bond acceptors (Lipinski definition) is 5. The molecule has 2 bridgehead atoms.